The number of hydrogen-bond acceptors (Lipinski definition) is 3. The van der Waals surface area contributed by atoms with Crippen LogP contribution in [0.4, 0.5) is 0 Å². The van der Waals surface area contributed by atoms with Gasteiger partial charge >= 0.3 is 0 Å². The smallest absolute Gasteiger partial charge is 0.219 e. The predicted octanol–water partition coefficient (Wildman–Crippen LogP) is 3.52. The highest BCUT2D eigenvalue weighted by Gasteiger charge is 2.40. The van der Waals surface area contributed by atoms with E-state index in [1.54, 1.807) is 6.92 Å². The Morgan fingerprint density at radius 1 is 1.04 bits per heavy atom. The number of amides is 1. The van der Waals surface area contributed by atoms with Gasteiger partial charge in [-0.05, 0) is 38.7 Å². The van der Waals surface area contributed by atoms with Crippen LogP contribution < -0.4 is 0 Å². The maximum Gasteiger partial charge on any atom is 0.219 e. The molecule has 1 amide bonds. The van der Waals surface area contributed by atoms with Crippen LogP contribution in [0, 0.1) is 13.8 Å². The molecule has 2 saturated heterocycles. The van der Waals surface area contributed by atoms with Crippen LogP contribution in [0.5, 0.6) is 0 Å². The standard InChI is InChI=1S/C23H32N4O/c1-17-21(18(2)27(24-17)15-20-9-5-4-6-10-20)16-25-14-12-23-22(25)11-7-8-13-26(23)19(3)28/h4-6,9-10,22-23H,7-8,11-16H2,1-3H3/t22-,23-/m1/s1. The summed E-state index contributed by atoms with van der Waals surface area (Å²) in [6.45, 7) is 9.82. The lowest BCUT2D eigenvalue weighted by molar-refractivity contribution is -0.131. The minimum Gasteiger partial charge on any atom is -0.338 e. The number of benzene rings is 1. The number of hydrogen-bond donors (Lipinski definition) is 0. The summed E-state index contributed by atoms with van der Waals surface area (Å²) in [6, 6.07) is 11.4. The molecule has 2 aromatic rings. The van der Waals surface area contributed by atoms with E-state index < -0.39 is 0 Å². The van der Waals surface area contributed by atoms with Gasteiger partial charge in [-0.2, -0.15) is 5.10 Å². The molecule has 28 heavy (non-hydrogen) atoms. The summed E-state index contributed by atoms with van der Waals surface area (Å²) in [5.41, 5.74) is 5.03. The number of carbonyl (C=O) groups excluding carboxylic acids is 1. The third-order valence-corrected chi connectivity index (χ3v) is 6.65. The number of rotatable bonds is 4. The molecule has 2 aliphatic heterocycles. The van der Waals surface area contributed by atoms with Gasteiger partial charge in [0.05, 0.1) is 12.2 Å². The van der Waals surface area contributed by atoms with Crippen molar-refractivity contribution >= 4 is 5.91 Å². The van der Waals surface area contributed by atoms with Gasteiger partial charge in [0, 0.05) is 49.9 Å². The Bertz CT molecular complexity index is 829. The van der Waals surface area contributed by atoms with E-state index in [0.29, 0.717) is 12.1 Å². The van der Waals surface area contributed by atoms with Gasteiger partial charge in [0.25, 0.3) is 0 Å². The third kappa shape index (κ3) is 3.72. The first-order chi connectivity index (χ1) is 13.5. The second-order valence-corrected chi connectivity index (χ2v) is 8.39. The lowest BCUT2D eigenvalue weighted by Gasteiger charge is -2.32. The minimum absolute atomic E-state index is 0.238. The summed E-state index contributed by atoms with van der Waals surface area (Å²) < 4.78 is 2.14. The van der Waals surface area contributed by atoms with Crippen molar-refractivity contribution in [3.63, 3.8) is 0 Å². The van der Waals surface area contributed by atoms with Crippen molar-refractivity contribution in [1.82, 2.24) is 19.6 Å². The van der Waals surface area contributed by atoms with E-state index in [0.717, 1.165) is 44.7 Å². The van der Waals surface area contributed by atoms with Crippen molar-refractivity contribution in [2.24, 2.45) is 0 Å². The van der Waals surface area contributed by atoms with Gasteiger partial charge in [0.1, 0.15) is 0 Å². The zero-order valence-electron chi connectivity index (χ0n) is 17.4. The molecule has 3 heterocycles. The monoisotopic (exact) mass is 380 g/mol. The molecule has 1 aromatic carbocycles. The summed E-state index contributed by atoms with van der Waals surface area (Å²) in [6.07, 6.45) is 4.64. The maximum absolute atomic E-state index is 12.1. The van der Waals surface area contributed by atoms with Gasteiger partial charge in [0.15, 0.2) is 0 Å². The molecule has 0 unspecified atom stereocenters. The Labute approximate surface area is 168 Å². The van der Waals surface area contributed by atoms with E-state index in [2.05, 4.69) is 58.7 Å². The molecule has 0 spiro atoms. The van der Waals surface area contributed by atoms with Crippen LogP contribution in [0.2, 0.25) is 0 Å². The van der Waals surface area contributed by atoms with E-state index >= 15 is 0 Å². The Morgan fingerprint density at radius 2 is 1.82 bits per heavy atom. The fourth-order valence-electron chi connectivity index (χ4n) is 5.10. The van der Waals surface area contributed by atoms with Crippen molar-refractivity contribution in [2.75, 3.05) is 13.1 Å². The SMILES string of the molecule is CC(=O)N1CCCC[C@@H]2[C@H]1CCN2Cc1c(C)nn(Cc2ccccc2)c1C. The highest BCUT2D eigenvalue weighted by molar-refractivity contribution is 5.73. The first kappa shape index (κ1) is 19.2. The van der Waals surface area contributed by atoms with Crippen LogP contribution in [0.15, 0.2) is 30.3 Å². The second-order valence-electron chi connectivity index (χ2n) is 8.39. The van der Waals surface area contributed by atoms with Crippen LogP contribution in [-0.4, -0.2) is 50.7 Å². The number of aromatic nitrogens is 2. The van der Waals surface area contributed by atoms with E-state index in [1.807, 2.05) is 0 Å². The zero-order chi connectivity index (χ0) is 19.7. The lowest BCUT2D eigenvalue weighted by Crippen LogP contribution is -2.45. The largest absolute Gasteiger partial charge is 0.338 e. The van der Waals surface area contributed by atoms with Crippen molar-refractivity contribution < 1.29 is 4.79 Å². The molecule has 0 aliphatic carbocycles. The van der Waals surface area contributed by atoms with Gasteiger partial charge in [0.2, 0.25) is 5.91 Å². The number of nitrogens with zero attached hydrogens (tertiary/aromatic N) is 4. The minimum atomic E-state index is 0.238. The van der Waals surface area contributed by atoms with Crippen molar-refractivity contribution in [3.05, 3.63) is 52.8 Å². The number of aryl methyl sites for hydroxylation is 1. The maximum atomic E-state index is 12.1. The summed E-state index contributed by atoms with van der Waals surface area (Å²) in [5.74, 6) is 0.238. The molecule has 0 bridgehead atoms. The summed E-state index contributed by atoms with van der Waals surface area (Å²) in [4.78, 5) is 16.9. The topological polar surface area (TPSA) is 41.4 Å². The highest BCUT2D eigenvalue weighted by Crippen LogP contribution is 2.32. The van der Waals surface area contributed by atoms with Crippen LogP contribution in [0.1, 0.15) is 55.1 Å². The second kappa shape index (κ2) is 8.08. The zero-order valence-corrected chi connectivity index (χ0v) is 17.4. The molecule has 1 aromatic heterocycles. The fourth-order valence-corrected chi connectivity index (χ4v) is 5.10. The molecule has 2 fully saturated rings. The summed E-state index contributed by atoms with van der Waals surface area (Å²) >= 11 is 0. The van der Waals surface area contributed by atoms with Crippen molar-refractivity contribution in [2.45, 2.75) is 71.6 Å². The summed E-state index contributed by atoms with van der Waals surface area (Å²) in [7, 11) is 0. The molecule has 2 atom stereocenters. The van der Waals surface area contributed by atoms with Crippen LogP contribution in [0.3, 0.4) is 0 Å². The quantitative estimate of drug-likeness (QED) is 0.815. The highest BCUT2D eigenvalue weighted by atomic mass is 16.2. The van der Waals surface area contributed by atoms with Crippen molar-refractivity contribution in [1.29, 1.82) is 0 Å². The molecule has 0 radical (unpaired) electrons. The van der Waals surface area contributed by atoms with E-state index in [-0.39, 0.29) is 5.91 Å². The third-order valence-electron chi connectivity index (χ3n) is 6.65. The molecule has 5 heteroatoms. The molecule has 2 aliphatic rings. The van der Waals surface area contributed by atoms with E-state index in [1.165, 1.54) is 29.7 Å². The normalized spacial score (nSPS) is 22.9. The fraction of sp³-hybridized carbons (Fsp3) is 0.565. The van der Waals surface area contributed by atoms with Gasteiger partial charge in [-0.3, -0.25) is 14.4 Å². The first-order valence-electron chi connectivity index (χ1n) is 10.6. The predicted molar refractivity (Wildman–Crippen MR) is 111 cm³/mol. The van der Waals surface area contributed by atoms with Crippen molar-refractivity contribution in [3.8, 4) is 0 Å². The van der Waals surface area contributed by atoms with Crippen LogP contribution >= 0.6 is 0 Å². The lowest BCUT2D eigenvalue weighted by atomic mass is 10.0. The van der Waals surface area contributed by atoms with Crippen LogP contribution in [0.25, 0.3) is 0 Å². The average Bonchev–Trinajstić information content (AvgIpc) is 3.08. The van der Waals surface area contributed by atoms with E-state index in [9.17, 15) is 4.79 Å². The summed E-state index contributed by atoms with van der Waals surface area (Å²) in [5, 5.41) is 4.84. The van der Waals surface area contributed by atoms with Gasteiger partial charge in [-0.15, -0.1) is 0 Å². The number of likely N-dealkylation sites (tertiary alicyclic amines) is 2. The molecule has 0 N–H and O–H groups in total. The Morgan fingerprint density at radius 3 is 2.57 bits per heavy atom. The molecule has 0 saturated carbocycles. The van der Waals surface area contributed by atoms with Gasteiger partial charge in [-0.25, -0.2) is 0 Å². The van der Waals surface area contributed by atoms with E-state index in [4.69, 9.17) is 5.10 Å². The molecule has 5 nitrogen and oxygen atoms in total. The van der Waals surface area contributed by atoms with Gasteiger partial charge in [-0.1, -0.05) is 36.8 Å². The van der Waals surface area contributed by atoms with Crippen LogP contribution in [-0.2, 0) is 17.9 Å². The number of carbonyl (C=O) groups is 1. The Hall–Kier alpha value is -2.14. The molecular weight excluding hydrogens is 348 g/mol. The molecular formula is C23H32N4O. The molecule has 4 rings (SSSR count). The Balaban J connectivity index is 1.52. The molecule has 150 valence electrons. The van der Waals surface area contributed by atoms with Gasteiger partial charge < -0.3 is 4.90 Å². The average molecular weight is 381 g/mol. The Kier molecular flexibility index (Phi) is 5.54. The number of fused-ring (bicyclic) bond motifs is 1. The first-order valence-corrected chi connectivity index (χ1v) is 10.6.